The predicted molar refractivity (Wildman–Crippen MR) is 71.4 cm³/mol. The van der Waals surface area contributed by atoms with Crippen LogP contribution < -0.4 is 5.32 Å². The van der Waals surface area contributed by atoms with Crippen LogP contribution in [0.4, 0.5) is 13.2 Å². The highest BCUT2D eigenvalue weighted by atomic mass is 32.2. The van der Waals surface area contributed by atoms with E-state index in [1.165, 1.54) is 12.2 Å². The fraction of sp³-hybridized carbons (Fsp3) is 0.417. The predicted octanol–water partition coefficient (Wildman–Crippen LogP) is 1.99. The van der Waals surface area contributed by atoms with Crippen molar-refractivity contribution in [2.75, 3.05) is 0 Å². The Morgan fingerprint density at radius 2 is 2.14 bits per heavy atom. The zero-order valence-corrected chi connectivity index (χ0v) is 12.4. The van der Waals surface area contributed by atoms with Crippen LogP contribution in [0.3, 0.4) is 0 Å². The normalized spacial score (nSPS) is 19.6. The molecule has 0 spiro atoms. The van der Waals surface area contributed by atoms with Crippen molar-refractivity contribution >= 4 is 21.6 Å². The zero-order chi connectivity index (χ0) is 16.5. The molecule has 2 atom stereocenters. The van der Waals surface area contributed by atoms with Gasteiger partial charge in [0, 0.05) is 11.3 Å². The Balaban J connectivity index is 2.13. The van der Waals surface area contributed by atoms with Gasteiger partial charge in [0.1, 0.15) is 0 Å². The maximum Gasteiger partial charge on any atom is 0.471 e. The largest absolute Gasteiger partial charge is 0.471 e. The fourth-order valence-corrected chi connectivity index (χ4v) is 2.99. The molecule has 0 aliphatic carbocycles. The molecule has 1 aliphatic rings. The van der Waals surface area contributed by atoms with Crippen molar-refractivity contribution in [3.05, 3.63) is 28.8 Å². The number of hydrogen-bond acceptors (Lipinski definition) is 5. The SMILES string of the molecule is CCC(=O)NC(C)C1=CC=C(c2noc(C(F)(F)F)n2)S1=O. The van der Waals surface area contributed by atoms with Gasteiger partial charge in [-0.2, -0.15) is 18.2 Å². The molecular weight excluding hydrogens is 323 g/mol. The number of aromatic nitrogens is 2. The summed E-state index contributed by atoms with van der Waals surface area (Å²) in [5.74, 6) is -2.11. The molecule has 0 saturated carbocycles. The second-order valence-corrected chi connectivity index (χ2v) is 5.88. The molecule has 22 heavy (non-hydrogen) atoms. The smallest absolute Gasteiger partial charge is 0.349 e. The summed E-state index contributed by atoms with van der Waals surface area (Å²) in [4.78, 5) is 14.9. The molecule has 1 N–H and O–H groups in total. The Bertz CT molecular complexity index is 679. The summed E-state index contributed by atoms with van der Waals surface area (Å²) in [7, 11) is -1.76. The van der Waals surface area contributed by atoms with Crippen molar-refractivity contribution in [3.8, 4) is 0 Å². The quantitative estimate of drug-likeness (QED) is 0.909. The van der Waals surface area contributed by atoms with Crippen molar-refractivity contribution in [2.24, 2.45) is 0 Å². The van der Waals surface area contributed by atoms with E-state index in [0.29, 0.717) is 4.91 Å². The molecule has 0 bridgehead atoms. The van der Waals surface area contributed by atoms with Gasteiger partial charge in [-0.1, -0.05) is 12.1 Å². The van der Waals surface area contributed by atoms with E-state index in [4.69, 9.17) is 0 Å². The molecule has 1 amide bonds. The molecule has 6 nitrogen and oxygen atoms in total. The summed E-state index contributed by atoms with van der Waals surface area (Å²) in [5.41, 5.74) is 0. The van der Waals surface area contributed by atoms with E-state index in [-0.39, 0.29) is 23.1 Å². The summed E-state index contributed by atoms with van der Waals surface area (Å²) in [6.45, 7) is 3.30. The van der Waals surface area contributed by atoms with E-state index in [1.807, 2.05) is 0 Å². The highest BCUT2D eigenvalue weighted by molar-refractivity contribution is 7.98. The Hall–Kier alpha value is -1.97. The maximum atomic E-state index is 12.4. The maximum absolute atomic E-state index is 12.4. The minimum absolute atomic E-state index is 0.00634. The van der Waals surface area contributed by atoms with Crippen LogP contribution in [-0.4, -0.2) is 26.3 Å². The Kier molecular flexibility index (Phi) is 4.50. The van der Waals surface area contributed by atoms with E-state index >= 15 is 0 Å². The topological polar surface area (TPSA) is 85.1 Å². The molecule has 0 fully saturated rings. The van der Waals surface area contributed by atoms with Gasteiger partial charge in [0.15, 0.2) is 0 Å². The number of carbonyl (C=O) groups is 1. The number of alkyl halides is 3. The number of rotatable bonds is 4. The zero-order valence-electron chi connectivity index (χ0n) is 11.6. The lowest BCUT2D eigenvalue weighted by atomic mass is 10.2. The van der Waals surface area contributed by atoms with E-state index in [2.05, 4.69) is 20.0 Å². The van der Waals surface area contributed by atoms with Gasteiger partial charge in [-0.05, 0) is 19.1 Å². The van der Waals surface area contributed by atoms with Gasteiger partial charge < -0.3 is 9.84 Å². The van der Waals surface area contributed by atoms with Gasteiger partial charge in [-0.3, -0.25) is 4.79 Å². The van der Waals surface area contributed by atoms with Crippen LogP contribution in [0.15, 0.2) is 21.6 Å². The molecule has 10 heteroatoms. The second kappa shape index (κ2) is 6.03. The third-order valence-corrected chi connectivity index (χ3v) is 4.46. The number of halogens is 3. The van der Waals surface area contributed by atoms with Crippen LogP contribution in [0, 0.1) is 0 Å². The first kappa shape index (κ1) is 16.4. The second-order valence-electron chi connectivity index (χ2n) is 4.43. The summed E-state index contributed by atoms with van der Waals surface area (Å²) in [6.07, 6.45) is -1.67. The molecule has 2 unspecified atom stereocenters. The van der Waals surface area contributed by atoms with E-state index < -0.39 is 28.9 Å². The molecule has 1 aromatic heterocycles. The molecule has 120 valence electrons. The van der Waals surface area contributed by atoms with Crippen molar-refractivity contribution in [1.82, 2.24) is 15.5 Å². The van der Waals surface area contributed by atoms with Gasteiger partial charge in [0.05, 0.1) is 21.7 Å². The molecule has 2 heterocycles. The van der Waals surface area contributed by atoms with E-state index in [1.54, 1.807) is 13.8 Å². The van der Waals surface area contributed by atoms with Crippen LogP contribution in [0.25, 0.3) is 4.91 Å². The molecule has 0 aromatic carbocycles. The third-order valence-electron chi connectivity index (χ3n) is 2.83. The van der Waals surface area contributed by atoms with Crippen LogP contribution in [0.2, 0.25) is 0 Å². The Morgan fingerprint density at radius 1 is 1.45 bits per heavy atom. The molecule has 2 rings (SSSR count). The van der Waals surface area contributed by atoms with E-state index in [0.717, 1.165) is 0 Å². The van der Waals surface area contributed by atoms with Crippen LogP contribution in [-0.2, 0) is 21.8 Å². The lowest BCUT2D eigenvalue weighted by Crippen LogP contribution is -2.34. The minimum Gasteiger partial charge on any atom is -0.349 e. The van der Waals surface area contributed by atoms with Gasteiger partial charge in [-0.15, -0.1) is 0 Å². The molecular formula is C12H12F3N3O3S. The summed E-state index contributed by atoms with van der Waals surface area (Å²) < 4.78 is 53.7. The van der Waals surface area contributed by atoms with Crippen molar-refractivity contribution in [2.45, 2.75) is 32.5 Å². The number of allylic oxidation sites excluding steroid dienone is 2. The lowest BCUT2D eigenvalue weighted by molar-refractivity contribution is -0.159. The first-order chi connectivity index (χ1) is 10.2. The molecule has 1 aromatic rings. The monoisotopic (exact) mass is 335 g/mol. The Labute approximate surface area is 125 Å². The number of carbonyl (C=O) groups excluding carboxylic acids is 1. The number of nitrogens with one attached hydrogen (secondary N) is 1. The standard InChI is InChI=1S/C12H12F3N3O3S/c1-3-9(19)16-6(2)7-4-5-8(22(7)20)10-17-11(21-18-10)12(13,14)15/h4-6H,3H2,1-2H3,(H,16,19). The first-order valence-corrected chi connectivity index (χ1v) is 7.43. The van der Waals surface area contributed by atoms with Crippen molar-refractivity contribution in [3.63, 3.8) is 0 Å². The van der Waals surface area contributed by atoms with E-state index in [9.17, 15) is 22.2 Å². The van der Waals surface area contributed by atoms with Crippen LogP contribution in [0.5, 0.6) is 0 Å². The number of hydrogen-bond donors (Lipinski definition) is 1. The summed E-state index contributed by atoms with van der Waals surface area (Å²) in [6, 6.07) is -0.518. The Morgan fingerprint density at radius 3 is 2.68 bits per heavy atom. The molecule has 0 radical (unpaired) electrons. The molecule has 0 saturated heterocycles. The third kappa shape index (κ3) is 3.26. The highest BCUT2D eigenvalue weighted by Crippen LogP contribution is 2.32. The van der Waals surface area contributed by atoms with Gasteiger partial charge in [-0.25, -0.2) is 4.21 Å². The number of amides is 1. The minimum atomic E-state index is -4.76. The average molecular weight is 335 g/mol. The van der Waals surface area contributed by atoms with Crippen molar-refractivity contribution in [1.29, 1.82) is 0 Å². The van der Waals surface area contributed by atoms with Crippen LogP contribution >= 0.6 is 0 Å². The summed E-state index contributed by atoms with van der Waals surface area (Å²) in [5, 5.41) is 5.82. The van der Waals surface area contributed by atoms with Gasteiger partial charge in [0.25, 0.3) is 0 Å². The summed E-state index contributed by atoms with van der Waals surface area (Å²) >= 11 is 0. The first-order valence-electron chi connectivity index (χ1n) is 6.28. The van der Waals surface area contributed by atoms with Gasteiger partial charge in [0.2, 0.25) is 11.7 Å². The van der Waals surface area contributed by atoms with Gasteiger partial charge >= 0.3 is 12.1 Å². The van der Waals surface area contributed by atoms with Crippen LogP contribution in [0.1, 0.15) is 32.0 Å². The average Bonchev–Trinajstić information content (AvgIpc) is 3.04. The lowest BCUT2D eigenvalue weighted by Gasteiger charge is -2.14. The fourth-order valence-electron chi connectivity index (χ4n) is 1.72. The van der Waals surface area contributed by atoms with Crippen molar-refractivity contribution < 1.29 is 26.7 Å². The molecule has 1 aliphatic heterocycles. The highest BCUT2D eigenvalue weighted by Gasteiger charge is 2.39. The number of nitrogens with zero attached hydrogens (tertiary/aromatic N) is 2.